The number of carbonyl (C=O) groups excluding carboxylic acids is 3. The number of alkyl halides is 6. The summed E-state index contributed by atoms with van der Waals surface area (Å²) in [6.07, 6.45) is -13.0. The van der Waals surface area contributed by atoms with Crippen LogP contribution in [0.25, 0.3) is 0 Å². The number of amides is 1. The highest BCUT2D eigenvalue weighted by Crippen LogP contribution is 2.33. The van der Waals surface area contributed by atoms with E-state index in [0.717, 1.165) is 31.4 Å². The summed E-state index contributed by atoms with van der Waals surface area (Å²) in [5, 5.41) is 5.57. The van der Waals surface area contributed by atoms with Crippen LogP contribution in [0.3, 0.4) is 0 Å². The van der Waals surface area contributed by atoms with Crippen LogP contribution in [0, 0.1) is 11.6 Å². The fraction of sp³-hybridized carbons (Fsp3) is 0.417. The summed E-state index contributed by atoms with van der Waals surface area (Å²) < 4.78 is 124. The maximum atomic E-state index is 15.3. The first-order valence-electron chi connectivity index (χ1n) is 16.3. The van der Waals surface area contributed by atoms with Gasteiger partial charge in [0, 0.05) is 18.9 Å². The Morgan fingerprint density at radius 2 is 1.60 bits per heavy atom. The number of esters is 1. The minimum Gasteiger partial charge on any atom is -0.464 e. The van der Waals surface area contributed by atoms with E-state index in [1.54, 1.807) is 0 Å². The lowest BCUT2D eigenvalue weighted by atomic mass is 9.81. The lowest BCUT2D eigenvalue weighted by molar-refractivity contribution is -0.274. The number of halogens is 8. The number of benzene rings is 3. The molecule has 1 aliphatic rings. The third-order valence-corrected chi connectivity index (χ3v) is 8.36. The van der Waals surface area contributed by atoms with Crippen LogP contribution in [0.2, 0.25) is 0 Å². The molecule has 1 saturated heterocycles. The van der Waals surface area contributed by atoms with Gasteiger partial charge in [-0.15, -0.1) is 13.2 Å². The molecule has 17 heteroatoms. The van der Waals surface area contributed by atoms with Crippen molar-refractivity contribution in [3.8, 4) is 5.75 Å². The van der Waals surface area contributed by atoms with Crippen LogP contribution in [0.4, 0.5) is 39.9 Å². The van der Waals surface area contributed by atoms with E-state index < -0.39 is 91.1 Å². The highest BCUT2D eigenvalue weighted by molar-refractivity contribution is 5.91. The molecular formula is C36H36F8N2O7. The first-order chi connectivity index (χ1) is 25.0. The Hall–Kier alpha value is -4.77. The van der Waals surface area contributed by atoms with Gasteiger partial charge in [0.2, 0.25) is 0 Å². The van der Waals surface area contributed by atoms with Crippen LogP contribution < -0.4 is 15.4 Å². The van der Waals surface area contributed by atoms with Crippen molar-refractivity contribution in [1.29, 1.82) is 0 Å². The molecule has 0 aromatic heterocycles. The molecule has 0 saturated carbocycles. The van der Waals surface area contributed by atoms with Crippen LogP contribution in [-0.2, 0) is 36.6 Å². The molecule has 2 N–H and O–H groups in total. The molecule has 0 spiro atoms. The molecule has 1 heterocycles. The predicted octanol–water partition coefficient (Wildman–Crippen LogP) is 6.71. The van der Waals surface area contributed by atoms with Gasteiger partial charge in [-0.2, -0.15) is 13.2 Å². The van der Waals surface area contributed by atoms with Gasteiger partial charge < -0.3 is 29.6 Å². The van der Waals surface area contributed by atoms with Crippen molar-refractivity contribution < 1.29 is 68.5 Å². The Bertz CT molecular complexity index is 1680. The zero-order valence-corrected chi connectivity index (χ0v) is 28.2. The average molecular weight is 761 g/mol. The van der Waals surface area contributed by atoms with Crippen molar-refractivity contribution in [3.63, 3.8) is 0 Å². The number of methoxy groups -OCH3 is 1. The van der Waals surface area contributed by atoms with Gasteiger partial charge >= 0.3 is 24.6 Å². The molecule has 3 aromatic carbocycles. The molecular weight excluding hydrogens is 724 g/mol. The Morgan fingerprint density at radius 1 is 0.943 bits per heavy atom. The molecule has 1 amide bonds. The normalized spacial score (nSPS) is 17.4. The van der Waals surface area contributed by atoms with Crippen LogP contribution in [0.5, 0.6) is 5.75 Å². The third kappa shape index (κ3) is 13.0. The molecule has 1 aliphatic heterocycles. The molecule has 53 heavy (non-hydrogen) atoms. The molecule has 4 atom stereocenters. The van der Waals surface area contributed by atoms with Crippen LogP contribution in [0.15, 0.2) is 66.7 Å². The van der Waals surface area contributed by atoms with E-state index in [1.165, 1.54) is 42.5 Å². The first kappa shape index (κ1) is 41.0. The van der Waals surface area contributed by atoms with Gasteiger partial charge in [-0.3, -0.25) is 9.59 Å². The number of rotatable bonds is 15. The van der Waals surface area contributed by atoms with Gasteiger partial charge in [0.1, 0.15) is 30.0 Å². The quantitative estimate of drug-likeness (QED) is 0.130. The van der Waals surface area contributed by atoms with E-state index in [2.05, 4.69) is 15.4 Å². The Morgan fingerprint density at radius 3 is 2.19 bits per heavy atom. The van der Waals surface area contributed by atoms with E-state index >= 15 is 4.39 Å². The van der Waals surface area contributed by atoms with Gasteiger partial charge in [0.25, 0.3) is 0 Å². The number of Topliss-reactive ketones (excluding diaryl/α,β-unsaturated/α-hetero) is 1. The maximum Gasteiger partial charge on any atom is 0.573 e. The smallest absolute Gasteiger partial charge is 0.464 e. The molecule has 0 radical (unpaired) electrons. The minimum atomic E-state index is -4.96. The Balaban J connectivity index is 1.48. The van der Waals surface area contributed by atoms with E-state index in [4.69, 9.17) is 14.2 Å². The molecule has 1 fully saturated rings. The summed E-state index contributed by atoms with van der Waals surface area (Å²) in [6, 6.07) is 11.8. The largest absolute Gasteiger partial charge is 0.573 e. The van der Waals surface area contributed by atoms with Crippen molar-refractivity contribution in [3.05, 3.63) is 101 Å². The molecule has 0 aliphatic carbocycles. The number of ketones is 1. The van der Waals surface area contributed by atoms with Crippen molar-refractivity contribution in [2.24, 2.45) is 0 Å². The number of hydrogen-bond donors (Lipinski definition) is 2. The van der Waals surface area contributed by atoms with Gasteiger partial charge in [0.05, 0.1) is 38.7 Å². The fourth-order valence-electron chi connectivity index (χ4n) is 5.78. The maximum absolute atomic E-state index is 15.3. The summed E-state index contributed by atoms with van der Waals surface area (Å²) in [4.78, 5) is 38.3. The number of morpholine rings is 1. The molecule has 0 bridgehead atoms. The number of alkyl carbamates (subject to hydrolysis) is 1. The second kappa shape index (κ2) is 18.3. The molecule has 0 unspecified atom stereocenters. The summed E-state index contributed by atoms with van der Waals surface area (Å²) in [6.45, 7) is 0.119. The lowest BCUT2D eigenvalue weighted by Crippen LogP contribution is -2.49. The highest BCUT2D eigenvalue weighted by Gasteiger charge is 2.35. The van der Waals surface area contributed by atoms with E-state index in [-0.39, 0.29) is 49.3 Å². The fourth-order valence-corrected chi connectivity index (χ4v) is 5.78. The zero-order valence-electron chi connectivity index (χ0n) is 28.2. The van der Waals surface area contributed by atoms with Crippen molar-refractivity contribution >= 4 is 17.8 Å². The second-order valence-corrected chi connectivity index (χ2v) is 12.2. The minimum absolute atomic E-state index is 0.0643. The number of ether oxygens (including phenoxy) is 4. The summed E-state index contributed by atoms with van der Waals surface area (Å²) >= 11 is 0. The number of carbonyl (C=O) groups is 3. The second-order valence-electron chi connectivity index (χ2n) is 12.2. The molecule has 9 nitrogen and oxygen atoms in total. The molecule has 288 valence electrons. The van der Waals surface area contributed by atoms with Crippen molar-refractivity contribution in [1.82, 2.24) is 10.6 Å². The standard InChI is InChI=1S/C36H36F8N2O7/c1-50-34(49)46-33(32(21-5-9-24(37)10-6-21)22-7-11-26(12-8-22)53-36(42,43)44)30(47)17-23-3-2-4-29(38)28(23)14-13-27-18-45-25(19-51-27)20-52-31(48)15-16-35(39,40)41/h2-12,25,27,32-33,45H,13-20H2,1H3,(H,46,49)/t25-,27+,32-,33+/m0/s1. The monoisotopic (exact) mass is 760 g/mol. The summed E-state index contributed by atoms with van der Waals surface area (Å²) in [7, 11) is 1.06. The van der Waals surface area contributed by atoms with E-state index in [9.17, 15) is 45.1 Å². The topological polar surface area (TPSA) is 112 Å². The van der Waals surface area contributed by atoms with Crippen LogP contribution in [0.1, 0.15) is 47.4 Å². The highest BCUT2D eigenvalue weighted by atomic mass is 19.4. The third-order valence-electron chi connectivity index (χ3n) is 8.36. The van der Waals surface area contributed by atoms with E-state index in [1.807, 2.05) is 0 Å². The van der Waals surface area contributed by atoms with Gasteiger partial charge in [-0.25, -0.2) is 13.6 Å². The summed E-state index contributed by atoms with van der Waals surface area (Å²) in [5.74, 6) is -4.45. The first-order valence-corrected chi connectivity index (χ1v) is 16.3. The average Bonchev–Trinajstić information content (AvgIpc) is 3.10. The van der Waals surface area contributed by atoms with Gasteiger partial charge in [0.15, 0.2) is 5.78 Å². The molecule has 4 rings (SSSR count). The number of hydrogen-bond acceptors (Lipinski definition) is 8. The summed E-state index contributed by atoms with van der Waals surface area (Å²) in [5.41, 5.74) is 1.05. The predicted molar refractivity (Wildman–Crippen MR) is 172 cm³/mol. The lowest BCUT2D eigenvalue weighted by Gasteiger charge is -2.30. The number of nitrogens with one attached hydrogen (secondary N) is 2. The van der Waals surface area contributed by atoms with Crippen LogP contribution in [-0.4, -0.2) is 75.4 Å². The molecule has 3 aromatic rings. The Kier molecular flexibility index (Phi) is 14.2. The van der Waals surface area contributed by atoms with Crippen LogP contribution >= 0.6 is 0 Å². The van der Waals surface area contributed by atoms with Gasteiger partial charge in [-0.1, -0.05) is 36.4 Å². The van der Waals surface area contributed by atoms with E-state index in [0.29, 0.717) is 5.56 Å². The van der Waals surface area contributed by atoms with Crippen molar-refractivity contribution in [2.75, 3.05) is 26.9 Å². The zero-order chi connectivity index (χ0) is 38.8. The van der Waals surface area contributed by atoms with Crippen molar-refractivity contribution in [2.45, 2.75) is 68.7 Å². The SMILES string of the molecule is COC(=O)N[C@H](C(=O)Cc1cccc(F)c1CC[C@@H]1CN[C@H](COC(=O)CCC(F)(F)F)CO1)[C@@H](c1ccc(F)cc1)c1ccc(OC(F)(F)F)cc1. The van der Waals surface area contributed by atoms with Gasteiger partial charge in [-0.05, 0) is 65.4 Å². The Labute approximate surface area is 298 Å².